The quantitative estimate of drug-likeness (QED) is 0.398. The second-order valence-electron chi connectivity index (χ2n) is 10.6. The molecule has 3 aliphatic rings. The van der Waals surface area contributed by atoms with E-state index in [2.05, 4.69) is 6.92 Å². The zero-order chi connectivity index (χ0) is 27.1. The third kappa shape index (κ3) is 6.58. The molecule has 0 spiro atoms. The van der Waals surface area contributed by atoms with Crippen molar-refractivity contribution in [1.29, 1.82) is 0 Å². The van der Waals surface area contributed by atoms with Crippen molar-refractivity contribution in [3.63, 3.8) is 0 Å². The Morgan fingerprint density at radius 2 is 1.95 bits per heavy atom. The number of amides is 2. The normalized spacial score (nSPS) is 23.2. The molecule has 1 aromatic rings. The molecule has 3 heterocycles. The summed E-state index contributed by atoms with van der Waals surface area (Å²) in [5.74, 6) is -0.517. The first kappa shape index (κ1) is 28.2. The van der Waals surface area contributed by atoms with Gasteiger partial charge in [-0.05, 0) is 56.3 Å². The molecule has 2 fully saturated rings. The largest absolute Gasteiger partial charge is 0.481 e. The maximum Gasteiger partial charge on any atom is 0.308 e. The van der Waals surface area contributed by atoms with Crippen LogP contribution >= 0.6 is 0 Å². The van der Waals surface area contributed by atoms with Crippen molar-refractivity contribution in [3.8, 4) is 11.5 Å². The van der Waals surface area contributed by atoms with E-state index in [-0.39, 0.29) is 37.1 Å². The number of rotatable bonds is 13. The fraction of sp³-hybridized carbons (Fsp3) is 0.679. The Kier molecular flexibility index (Phi) is 9.85. The molecule has 1 aromatic carbocycles. The maximum absolute atomic E-state index is 13.5. The summed E-state index contributed by atoms with van der Waals surface area (Å²) in [7, 11) is 0. The minimum Gasteiger partial charge on any atom is -0.481 e. The molecule has 3 atom stereocenters. The van der Waals surface area contributed by atoms with Gasteiger partial charge in [-0.2, -0.15) is 0 Å². The minimum absolute atomic E-state index is 0.00132. The fourth-order valence-corrected chi connectivity index (χ4v) is 5.99. The van der Waals surface area contributed by atoms with E-state index >= 15 is 0 Å². The number of carbonyl (C=O) groups excluding carboxylic acids is 2. The van der Waals surface area contributed by atoms with Crippen LogP contribution in [0.15, 0.2) is 18.2 Å². The van der Waals surface area contributed by atoms with Crippen molar-refractivity contribution >= 4 is 17.8 Å². The summed E-state index contributed by atoms with van der Waals surface area (Å²) >= 11 is 0. The van der Waals surface area contributed by atoms with Crippen LogP contribution in [0.2, 0.25) is 0 Å². The van der Waals surface area contributed by atoms with Crippen LogP contribution in [0, 0.1) is 5.92 Å². The summed E-state index contributed by atoms with van der Waals surface area (Å²) in [5, 5.41) is 10.4. The van der Waals surface area contributed by atoms with E-state index in [1.165, 1.54) is 0 Å². The highest BCUT2D eigenvalue weighted by molar-refractivity contribution is 5.79. The third-order valence-corrected chi connectivity index (χ3v) is 8.08. The molecule has 38 heavy (non-hydrogen) atoms. The molecule has 0 bridgehead atoms. The molecule has 10 nitrogen and oxygen atoms in total. The van der Waals surface area contributed by atoms with Crippen molar-refractivity contribution in [2.24, 2.45) is 11.7 Å². The number of hydrogen-bond donors (Lipinski definition) is 2. The van der Waals surface area contributed by atoms with Crippen molar-refractivity contribution in [2.45, 2.75) is 63.8 Å². The number of carboxylic acids is 1. The fourth-order valence-electron chi connectivity index (χ4n) is 5.99. The van der Waals surface area contributed by atoms with E-state index < -0.39 is 11.9 Å². The summed E-state index contributed by atoms with van der Waals surface area (Å²) in [6, 6.07) is 5.22. The lowest BCUT2D eigenvalue weighted by Crippen LogP contribution is -2.46. The van der Waals surface area contributed by atoms with Crippen molar-refractivity contribution in [2.75, 3.05) is 52.6 Å². The van der Waals surface area contributed by atoms with Crippen LogP contribution in [-0.2, 0) is 14.4 Å². The molecular weight excluding hydrogens is 488 g/mol. The molecule has 4 rings (SSSR count). The monoisotopic (exact) mass is 530 g/mol. The van der Waals surface area contributed by atoms with Crippen LogP contribution in [0.1, 0.15) is 63.4 Å². The Morgan fingerprint density at radius 1 is 1.16 bits per heavy atom. The van der Waals surface area contributed by atoms with E-state index in [1.807, 2.05) is 32.9 Å². The van der Waals surface area contributed by atoms with Gasteiger partial charge >= 0.3 is 5.97 Å². The van der Waals surface area contributed by atoms with Gasteiger partial charge in [-0.3, -0.25) is 19.3 Å². The summed E-state index contributed by atoms with van der Waals surface area (Å²) in [5.41, 5.74) is 6.58. The van der Waals surface area contributed by atoms with Crippen LogP contribution in [0.25, 0.3) is 0 Å². The highest BCUT2D eigenvalue weighted by atomic mass is 16.7. The first-order valence-electron chi connectivity index (χ1n) is 14.0. The second kappa shape index (κ2) is 13.3. The van der Waals surface area contributed by atoms with Gasteiger partial charge in [0, 0.05) is 51.1 Å². The number of fused-ring (bicyclic) bond motifs is 1. The predicted molar refractivity (Wildman–Crippen MR) is 142 cm³/mol. The highest BCUT2D eigenvalue weighted by Crippen LogP contribution is 2.42. The van der Waals surface area contributed by atoms with Crippen LogP contribution in [0.4, 0.5) is 0 Å². The van der Waals surface area contributed by atoms with Gasteiger partial charge in [0.1, 0.15) is 0 Å². The number of nitrogens with two attached hydrogens (primary N) is 1. The Hall–Kier alpha value is -2.85. The van der Waals surface area contributed by atoms with E-state index in [9.17, 15) is 19.5 Å². The van der Waals surface area contributed by atoms with Gasteiger partial charge in [0.05, 0.1) is 12.5 Å². The number of likely N-dealkylation sites (tertiary alicyclic amines) is 2. The lowest BCUT2D eigenvalue weighted by molar-refractivity contribution is -0.144. The topological polar surface area (TPSA) is 126 Å². The molecule has 10 heteroatoms. The standard InChI is InChI=1S/C28H42N4O6/c1-2-3-12-30(14-6-11-29)26(34)18-32-17-21(20-8-9-23-24(16-20)38-19-37-23)27(28(35)36)22(32)10-15-31-13-5-4-7-25(31)33/h8-9,16,21-22,27H,2-7,10-15,17-19,29H2,1H3,(H,35,36). The van der Waals surface area contributed by atoms with E-state index in [4.69, 9.17) is 15.2 Å². The van der Waals surface area contributed by atoms with Crippen molar-refractivity contribution in [1.82, 2.24) is 14.7 Å². The lowest BCUT2D eigenvalue weighted by atomic mass is 9.84. The van der Waals surface area contributed by atoms with E-state index in [1.54, 1.807) is 0 Å². The molecule has 2 amide bonds. The van der Waals surface area contributed by atoms with Gasteiger partial charge in [-0.25, -0.2) is 0 Å². The van der Waals surface area contributed by atoms with E-state index in [0.717, 1.165) is 37.7 Å². The van der Waals surface area contributed by atoms with Crippen LogP contribution in [-0.4, -0.2) is 96.2 Å². The minimum atomic E-state index is -0.886. The average molecular weight is 531 g/mol. The molecule has 3 aliphatic heterocycles. The molecule has 210 valence electrons. The number of carbonyl (C=O) groups is 3. The summed E-state index contributed by atoms with van der Waals surface area (Å²) in [6.45, 7) is 5.83. The van der Waals surface area contributed by atoms with Crippen molar-refractivity contribution in [3.05, 3.63) is 23.8 Å². The third-order valence-electron chi connectivity index (χ3n) is 8.08. The summed E-state index contributed by atoms with van der Waals surface area (Å²) in [6.07, 6.45) is 5.54. The van der Waals surface area contributed by atoms with Crippen LogP contribution in [0.3, 0.4) is 0 Å². The van der Waals surface area contributed by atoms with Gasteiger partial charge in [0.25, 0.3) is 0 Å². The van der Waals surface area contributed by atoms with Gasteiger partial charge in [-0.1, -0.05) is 19.4 Å². The molecule has 0 aromatic heterocycles. The predicted octanol–water partition coefficient (Wildman–Crippen LogP) is 2.26. The number of hydrogen-bond acceptors (Lipinski definition) is 7. The highest BCUT2D eigenvalue weighted by Gasteiger charge is 2.47. The summed E-state index contributed by atoms with van der Waals surface area (Å²) < 4.78 is 11.0. The number of nitrogens with zero attached hydrogens (tertiary/aromatic N) is 3. The van der Waals surface area contributed by atoms with Crippen LogP contribution < -0.4 is 15.2 Å². The first-order chi connectivity index (χ1) is 18.4. The number of benzene rings is 1. The number of ether oxygens (including phenoxy) is 2. The number of carboxylic acid groups (broad SMARTS) is 1. The smallest absolute Gasteiger partial charge is 0.308 e. The van der Waals surface area contributed by atoms with Crippen LogP contribution in [0.5, 0.6) is 11.5 Å². The Morgan fingerprint density at radius 3 is 2.68 bits per heavy atom. The van der Waals surface area contributed by atoms with Gasteiger partial charge < -0.3 is 30.1 Å². The molecule has 0 aliphatic carbocycles. The second-order valence-corrected chi connectivity index (χ2v) is 10.6. The number of aliphatic carboxylic acids is 1. The zero-order valence-corrected chi connectivity index (χ0v) is 22.5. The van der Waals surface area contributed by atoms with Crippen molar-refractivity contribution < 1.29 is 29.0 Å². The lowest BCUT2D eigenvalue weighted by Gasteiger charge is -2.32. The zero-order valence-electron chi connectivity index (χ0n) is 22.5. The molecule has 3 N–H and O–H groups in total. The number of unbranched alkanes of at least 4 members (excludes halogenated alkanes) is 1. The molecular formula is C28H42N4O6. The van der Waals surface area contributed by atoms with E-state index in [0.29, 0.717) is 63.6 Å². The molecule has 0 radical (unpaired) electrons. The maximum atomic E-state index is 13.5. The Bertz CT molecular complexity index is 980. The Balaban J connectivity index is 1.57. The average Bonchev–Trinajstić information content (AvgIpc) is 3.52. The first-order valence-corrected chi connectivity index (χ1v) is 14.0. The molecule has 3 unspecified atom stereocenters. The molecule has 2 saturated heterocycles. The Labute approximate surface area is 225 Å². The van der Waals surface area contributed by atoms with Gasteiger partial charge in [0.2, 0.25) is 18.6 Å². The molecule has 0 saturated carbocycles. The SMILES string of the molecule is CCCCN(CCCN)C(=O)CN1CC(c2ccc3c(c2)OCO3)C(C(=O)O)C1CCN1CCCCC1=O. The van der Waals surface area contributed by atoms with Gasteiger partial charge in [-0.15, -0.1) is 0 Å². The van der Waals surface area contributed by atoms with Gasteiger partial charge in [0.15, 0.2) is 11.5 Å². The summed E-state index contributed by atoms with van der Waals surface area (Å²) in [4.78, 5) is 44.4. The number of piperidine rings is 1.